The summed E-state index contributed by atoms with van der Waals surface area (Å²) in [6.45, 7) is 1.90. The number of hydrogen-bond donors (Lipinski definition) is 2. The lowest BCUT2D eigenvalue weighted by atomic mass is 10.2. The predicted octanol–water partition coefficient (Wildman–Crippen LogP) is 5.03. The molecule has 132 valence electrons. The summed E-state index contributed by atoms with van der Waals surface area (Å²) in [4.78, 5) is 16.6. The summed E-state index contributed by atoms with van der Waals surface area (Å²) in [5, 5.41) is 6.24. The van der Waals surface area contributed by atoms with E-state index in [0.29, 0.717) is 16.6 Å². The summed E-state index contributed by atoms with van der Waals surface area (Å²) in [5.41, 5.74) is 1.70. The van der Waals surface area contributed by atoms with Gasteiger partial charge in [-0.2, -0.15) is 0 Å². The molecule has 0 atom stereocenters. The average Bonchev–Trinajstić information content (AvgIpc) is 3.09. The first-order valence-electron chi connectivity index (χ1n) is 7.53. The second kappa shape index (κ2) is 8.15. The SMILES string of the molecule is Cc1nc(NC(=S)NC(=O)c2ccc(-c3ccc(Cl)cc3)o2)ccc1I. The molecule has 8 heteroatoms. The van der Waals surface area contributed by atoms with E-state index >= 15 is 0 Å². The molecular formula is C18H13ClIN3O2S. The molecule has 0 bridgehead atoms. The summed E-state index contributed by atoms with van der Waals surface area (Å²) in [6.07, 6.45) is 0. The molecule has 2 N–H and O–H groups in total. The van der Waals surface area contributed by atoms with Crippen LogP contribution in [0.25, 0.3) is 11.3 Å². The van der Waals surface area contributed by atoms with Crippen molar-refractivity contribution in [3.63, 3.8) is 0 Å². The lowest BCUT2D eigenvalue weighted by molar-refractivity contribution is 0.0951. The Balaban J connectivity index is 1.65. The first-order valence-corrected chi connectivity index (χ1v) is 9.40. The zero-order valence-corrected chi connectivity index (χ0v) is 17.3. The quantitative estimate of drug-likeness (QED) is 0.392. The molecule has 2 aromatic heterocycles. The van der Waals surface area contributed by atoms with Gasteiger partial charge in [-0.1, -0.05) is 11.6 Å². The van der Waals surface area contributed by atoms with Crippen LogP contribution in [-0.4, -0.2) is 16.0 Å². The number of benzene rings is 1. The van der Waals surface area contributed by atoms with Gasteiger partial charge < -0.3 is 9.73 Å². The van der Waals surface area contributed by atoms with E-state index in [1.54, 1.807) is 30.3 Å². The number of aromatic nitrogens is 1. The number of halogens is 2. The fraction of sp³-hybridized carbons (Fsp3) is 0.0556. The molecule has 0 aliphatic rings. The van der Waals surface area contributed by atoms with Gasteiger partial charge in [-0.25, -0.2) is 4.98 Å². The van der Waals surface area contributed by atoms with Crippen LogP contribution in [0.3, 0.4) is 0 Å². The van der Waals surface area contributed by atoms with Crippen LogP contribution in [0.4, 0.5) is 5.82 Å². The molecule has 26 heavy (non-hydrogen) atoms. The number of nitrogens with zero attached hydrogens (tertiary/aromatic N) is 1. The van der Waals surface area contributed by atoms with Crippen molar-refractivity contribution in [3.8, 4) is 11.3 Å². The molecule has 1 aromatic carbocycles. The largest absolute Gasteiger partial charge is 0.451 e. The lowest BCUT2D eigenvalue weighted by Crippen LogP contribution is -2.34. The summed E-state index contributed by atoms with van der Waals surface area (Å²) in [5.74, 6) is 0.853. The highest BCUT2D eigenvalue weighted by molar-refractivity contribution is 14.1. The topological polar surface area (TPSA) is 67.2 Å². The highest BCUT2D eigenvalue weighted by Crippen LogP contribution is 2.23. The number of carbonyl (C=O) groups excluding carboxylic acids is 1. The van der Waals surface area contributed by atoms with E-state index in [-0.39, 0.29) is 10.9 Å². The third kappa shape index (κ3) is 4.60. The van der Waals surface area contributed by atoms with Gasteiger partial charge in [0.1, 0.15) is 11.6 Å². The summed E-state index contributed by atoms with van der Waals surface area (Å²) < 4.78 is 6.65. The van der Waals surface area contributed by atoms with Crippen LogP contribution in [0.15, 0.2) is 52.9 Å². The molecule has 0 saturated carbocycles. The Labute approximate surface area is 174 Å². The standard InChI is InChI=1S/C18H13ClIN3O2S/c1-10-13(20)6-9-16(21-10)22-18(26)23-17(24)15-8-7-14(25-15)11-2-4-12(19)5-3-11/h2-9H,1H3,(H2,21,22,23,24,26). The van der Waals surface area contributed by atoms with Gasteiger partial charge in [0.05, 0.1) is 5.69 Å². The molecule has 0 saturated heterocycles. The van der Waals surface area contributed by atoms with Crippen molar-refractivity contribution in [3.05, 3.63) is 68.6 Å². The van der Waals surface area contributed by atoms with Crippen LogP contribution in [0.5, 0.6) is 0 Å². The van der Waals surface area contributed by atoms with Crippen LogP contribution >= 0.6 is 46.4 Å². The zero-order chi connectivity index (χ0) is 18.7. The van der Waals surface area contributed by atoms with Gasteiger partial charge >= 0.3 is 0 Å². The van der Waals surface area contributed by atoms with E-state index < -0.39 is 5.91 Å². The Bertz CT molecular complexity index is 973. The van der Waals surface area contributed by atoms with Crippen molar-refractivity contribution in [1.29, 1.82) is 0 Å². The maximum Gasteiger partial charge on any atom is 0.293 e. The van der Waals surface area contributed by atoms with E-state index in [0.717, 1.165) is 14.8 Å². The van der Waals surface area contributed by atoms with E-state index in [2.05, 4.69) is 38.2 Å². The molecule has 0 radical (unpaired) electrons. The number of nitrogens with one attached hydrogen (secondary N) is 2. The highest BCUT2D eigenvalue weighted by atomic mass is 127. The van der Waals surface area contributed by atoms with Gasteiger partial charge in [0.2, 0.25) is 0 Å². The number of anilines is 1. The normalized spacial score (nSPS) is 10.4. The van der Waals surface area contributed by atoms with E-state index in [4.69, 9.17) is 28.2 Å². The molecular weight excluding hydrogens is 485 g/mol. The molecule has 2 heterocycles. The number of hydrogen-bond acceptors (Lipinski definition) is 4. The van der Waals surface area contributed by atoms with Crippen LogP contribution in [0.1, 0.15) is 16.2 Å². The average molecular weight is 498 g/mol. The fourth-order valence-corrected chi connectivity index (χ4v) is 2.78. The Morgan fingerprint density at radius 1 is 1.15 bits per heavy atom. The van der Waals surface area contributed by atoms with Crippen LogP contribution in [0.2, 0.25) is 5.02 Å². The molecule has 0 aliphatic heterocycles. The molecule has 5 nitrogen and oxygen atoms in total. The molecule has 0 fully saturated rings. The zero-order valence-electron chi connectivity index (χ0n) is 13.5. The van der Waals surface area contributed by atoms with Crippen molar-refractivity contribution >= 4 is 63.2 Å². The number of aryl methyl sites for hydroxylation is 1. The number of amides is 1. The first kappa shape index (κ1) is 18.8. The van der Waals surface area contributed by atoms with Gasteiger partial charge in [-0.3, -0.25) is 10.1 Å². The minimum Gasteiger partial charge on any atom is -0.451 e. The van der Waals surface area contributed by atoms with Crippen LogP contribution in [-0.2, 0) is 0 Å². The Kier molecular flexibility index (Phi) is 5.90. The number of furan rings is 1. The number of carbonyl (C=O) groups is 1. The van der Waals surface area contributed by atoms with E-state index in [1.165, 1.54) is 0 Å². The van der Waals surface area contributed by atoms with Gasteiger partial charge in [-0.05, 0) is 90.3 Å². The predicted molar refractivity (Wildman–Crippen MR) is 115 cm³/mol. The molecule has 0 spiro atoms. The fourth-order valence-electron chi connectivity index (χ4n) is 2.16. The van der Waals surface area contributed by atoms with Crippen LogP contribution in [0, 0.1) is 10.5 Å². The molecule has 0 aliphatic carbocycles. The second-order valence-electron chi connectivity index (χ2n) is 5.34. The summed E-state index contributed by atoms with van der Waals surface area (Å²) in [6, 6.07) is 14.2. The van der Waals surface area contributed by atoms with Crippen molar-refractivity contribution in [2.24, 2.45) is 0 Å². The molecule has 3 rings (SSSR count). The number of rotatable bonds is 3. The minimum atomic E-state index is -0.440. The minimum absolute atomic E-state index is 0.146. The van der Waals surface area contributed by atoms with E-state index in [1.807, 2.05) is 25.1 Å². The van der Waals surface area contributed by atoms with Crippen molar-refractivity contribution in [2.75, 3.05) is 5.32 Å². The number of pyridine rings is 1. The van der Waals surface area contributed by atoms with Crippen molar-refractivity contribution in [1.82, 2.24) is 10.3 Å². The molecule has 0 unspecified atom stereocenters. The van der Waals surface area contributed by atoms with E-state index in [9.17, 15) is 4.79 Å². The third-order valence-corrected chi connectivity index (χ3v) is 5.04. The monoisotopic (exact) mass is 497 g/mol. The Hall–Kier alpha value is -1.97. The lowest BCUT2D eigenvalue weighted by Gasteiger charge is -2.09. The first-order chi connectivity index (χ1) is 12.4. The van der Waals surface area contributed by atoms with Gasteiger partial charge in [0, 0.05) is 14.2 Å². The van der Waals surface area contributed by atoms with Crippen molar-refractivity contribution in [2.45, 2.75) is 6.92 Å². The molecule has 3 aromatic rings. The van der Waals surface area contributed by atoms with Gasteiger partial charge in [-0.15, -0.1) is 0 Å². The summed E-state index contributed by atoms with van der Waals surface area (Å²) in [7, 11) is 0. The third-order valence-electron chi connectivity index (χ3n) is 3.45. The second-order valence-corrected chi connectivity index (χ2v) is 7.35. The maximum atomic E-state index is 12.3. The maximum absolute atomic E-state index is 12.3. The van der Waals surface area contributed by atoms with Crippen molar-refractivity contribution < 1.29 is 9.21 Å². The summed E-state index contributed by atoms with van der Waals surface area (Å²) >= 11 is 13.2. The molecule has 1 amide bonds. The van der Waals surface area contributed by atoms with Gasteiger partial charge in [0.25, 0.3) is 5.91 Å². The number of thiocarbonyl (C=S) groups is 1. The smallest absolute Gasteiger partial charge is 0.293 e. The Morgan fingerprint density at radius 2 is 1.88 bits per heavy atom. The van der Waals surface area contributed by atoms with Gasteiger partial charge in [0.15, 0.2) is 10.9 Å². The highest BCUT2D eigenvalue weighted by Gasteiger charge is 2.14. The Morgan fingerprint density at radius 3 is 2.58 bits per heavy atom. The van der Waals surface area contributed by atoms with Crippen LogP contribution < -0.4 is 10.6 Å².